The summed E-state index contributed by atoms with van der Waals surface area (Å²) in [5.74, 6) is 0.562. The van der Waals surface area contributed by atoms with Crippen LogP contribution in [-0.4, -0.2) is 20.2 Å². The van der Waals surface area contributed by atoms with Gasteiger partial charge in [0.15, 0.2) is 0 Å². The smallest absolute Gasteiger partial charge is 0.244 e. The highest BCUT2D eigenvalue weighted by atomic mass is 35.5. The number of nitrogens with one attached hydrogen (secondary N) is 1. The van der Waals surface area contributed by atoms with Gasteiger partial charge in [0.25, 0.3) is 0 Å². The van der Waals surface area contributed by atoms with E-state index in [1.807, 2.05) is 6.92 Å². The average molecular weight is 245 g/mol. The van der Waals surface area contributed by atoms with Crippen LogP contribution in [0.2, 0.25) is 10.3 Å². The summed E-state index contributed by atoms with van der Waals surface area (Å²) >= 11 is 11.4. The molecule has 0 fully saturated rings. The van der Waals surface area contributed by atoms with Gasteiger partial charge in [0.2, 0.25) is 17.0 Å². The molecule has 0 saturated heterocycles. The van der Waals surface area contributed by atoms with Crippen LogP contribution in [0.15, 0.2) is 12.3 Å². The van der Waals surface area contributed by atoms with Gasteiger partial charge in [-0.25, -0.2) is 4.98 Å². The van der Waals surface area contributed by atoms with Gasteiger partial charge in [-0.15, -0.1) is 5.10 Å². The lowest BCUT2D eigenvalue weighted by Crippen LogP contribution is -1.91. The van der Waals surface area contributed by atoms with E-state index in [2.05, 4.69) is 20.2 Å². The van der Waals surface area contributed by atoms with Crippen molar-refractivity contribution in [2.24, 2.45) is 0 Å². The van der Waals surface area contributed by atoms with Crippen molar-refractivity contribution in [1.82, 2.24) is 20.2 Å². The largest absolute Gasteiger partial charge is 0.417 e. The Morgan fingerprint density at radius 2 is 2.20 bits per heavy atom. The number of halogens is 2. The number of aromatic nitrogens is 4. The third kappa shape index (κ3) is 2.37. The lowest BCUT2D eigenvalue weighted by Gasteiger charge is -2.01. The molecule has 0 aliphatic carbocycles. The lowest BCUT2D eigenvalue weighted by atomic mass is 10.5. The number of aromatic amines is 1. The zero-order valence-electron chi connectivity index (χ0n) is 7.66. The maximum atomic E-state index is 5.81. The van der Waals surface area contributed by atoms with E-state index in [1.54, 1.807) is 6.07 Å². The van der Waals surface area contributed by atoms with E-state index in [0.717, 1.165) is 5.69 Å². The molecule has 0 bridgehead atoms. The number of hydrogen-bond donors (Lipinski definition) is 1. The normalized spacial score (nSPS) is 10.3. The minimum atomic E-state index is 0.0710. The molecule has 1 N–H and O–H groups in total. The molecule has 0 aliphatic heterocycles. The third-order valence-corrected chi connectivity index (χ3v) is 2.01. The lowest BCUT2D eigenvalue weighted by molar-refractivity contribution is 0.442. The van der Waals surface area contributed by atoms with Crippen LogP contribution in [0.5, 0.6) is 11.8 Å². The van der Waals surface area contributed by atoms with Crippen molar-refractivity contribution < 1.29 is 4.74 Å². The molecule has 2 rings (SSSR count). The van der Waals surface area contributed by atoms with E-state index in [1.165, 1.54) is 6.20 Å². The van der Waals surface area contributed by atoms with Crippen LogP contribution in [0.4, 0.5) is 0 Å². The molecule has 2 heterocycles. The Kier molecular flexibility index (Phi) is 2.75. The summed E-state index contributed by atoms with van der Waals surface area (Å²) in [7, 11) is 0. The van der Waals surface area contributed by atoms with Crippen LogP contribution < -0.4 is 4.74 Å². The molecule has 0 saturated carbocycles. The molecule has 5 nitrogen and oxygen atoms in total. The summed E-state index contributed by atoms with van der Waals surface area (Å²) in [5, 5.41) is 6.95. The van der Waals surface area contributed by atoms with Gasteiger partial charge in [-0.1, -0.05) is 11.6 Å². The molecule has 7 heteroatoms. The van der Waals surface area contributed by atoms with Crippen LogP contribution >= 0.6 is 23.2 Å². The first-order valence-corrected chi connectivity index (χ1v) is 4.78. The predicted octanol–water partition coefficient (Wildman–Crippen LogP) is 2.61. The molecule has 78 valence electrons. The molecule has 0 amide bonds. The number of nitrogens with zero attached hydrogens (tertiary/aromatic N) is 3. The van der Waals surface area contributed by atoms with Crippen molar-refractivity contribution in [3.63, 3.8) is 0 Å². The van der Waals surface area contributed by atoms with Crippen LogP contribution in [0, 0.1) is 6.92 Å². The number of H-pyrrole nitrogens is 1. The van der Waals surface area contributed by atoms with Crippen molar-refractivity contribution in [3.05, 3.63) is 28.3 Å². The third-order valence-electron chi connectivity index (χ3n) is 1.57. The van der Waals surface area contributed by atoms with Crippen LogP contribution in [0.3, 0.4) is 0 Å². The first-order chi connectivity index (χ1) is 7.15. The number of aryl methyl sites for hydroxylation is 1. The molecule has 0 aliphatic rings. The Bertz CT molecular complexity index is 485. The summed E-state index contributed by atoms with van der Waals surface area (Å²) in [6.45, 7) is 1.86. The number of rotatable bonds is 2. The summed E-state index contributed by atoms with van der Waals surface area (Å²) in [6.07, 6.45) is 1.37. The Labute approximate surface area is 95.4 Å². The van der Waals surface area contributed by atoms with E-state index < -0.39 is 0 Å². The van der Waals surface area contributed by atoms with Gasteiger partial charge in [0.05, 0.1) is 6.20 Å². The first-order valence-electron chi connectivity index (χ1n) is 4.03. The summed E-state index contributed by atoms with van der Waals surface area (Å²) in [4.78, 5) is 7.52. The van der Waals surface area contributed by atoms with Gasteiger partial charge in [-0.3, -0.25) is 5.10 Å². The Hall–Kier alpha value is -1.33. The predicted molar refractivity (Wildman–Crippen MR) is 55.5 cm³/mol. The molecule has 0 spiro atoms. The fourth-order valence-electron chi connectivity index (χ4n) is 0.947. The van der Waals surface area contributed by atoms with Crippen LogP contribution in [0.25, 0.3) is 0 Å². The topological polar surface area (TPSA) is 63.7 Å². The zero-order valence-corrected chi connectivity index (χ0v) is 9.17. The molecule has 0 radical (unpaired) electrons. The maximum absolute atomic E-state index is 5.81. The quantitative estimate of drug-likeness (QED) is 0.826. The summed E-state index contributed by atoms with van der Waals surface area (Å²) in [6, 6.07) is 1.71. The standard InChI is InChI=1S/C8H6Cl2N4O/c1-4-2-6(14-13-4)15-7-5(9)3-11-8(10)12-7/h2-3H,1H3,(H,13,14). The zero-order chi connectivity index (χ0) is 10.8. The average Bonchev–Trinajstić information content (AvgIpc) is 2.58. The Morgan fingerprint density at radius 1 is 1.40 bits per heavy atom. The Morgan fingerprint density at radius 3 is 2.87 bits per heavy atom. The highest BCUT2D eigenvalue weighted by Gasteiger charge is 2.08. The van der Waals surface area contributed by atoms with Gasteiger partial charge < -0.3 is 4.74 Å². The van der Waals surface area contributed by atoms with Gasteiger partial charge >= 0.3 is 0 Å². The van der Waals surface area contributed by atoms with Gasteiger partial charge in [-0.2, -0.15) is 4.98 Å². The van der Waals surface area contributed by atoms with E-state index in [0.29, 0.717) is 5.88 Å². The molecule has 0 aromatic carbocycles. The van der Waals surface area contributed by atoms with E-state index >= 15 is 0 Å². The molecule has 2 aromatic rings. The van der Waals surface area contributed by atoms with E-state index in [9.17, 15) is 0 Å². The van der Waals surface area contributed by atoms with Gasteiger partial charge in [0, 0.05) is 11.8 Å². The summed E-state index contributed by atoms with van der Waals surface area (Å²) < 4.78 is 5.30. The van der Waals surface area contributed by atoms with Crippen molar-refractivity contribution in [1.29, 1.82) is 0 Å². The second-order valence-electron chi connectivity index (χ2n) is 2.78. The van der Waals surface area contributed by atoms with Crippen molar-refractivity contribution in [2.75, 3.05) is 0 Å². The van der Waals surface area contributed by atoms with Crippen molar-refractivity contribution in [3.8, 4) is 11.8 Å². The Balaban J connectivity index is 2.27. The molecule has 15 heavy (non-hydrogen) atoms. The maximum Gasteiger partial charge on any atom is 0.244 e. The monoisotopic (exact) mass is 244 g/mol. The molecule has 0 unspecified atom stereocenters. The molecule has 2 aromatic heterocycles. The fraction of sp³-hybridized carbons (Fsp3) is 0.125. The van der Waals surface area contributed by atoms with Crippen molar-refractivity contribution in [2.45, 2.75) is 6.92 Å². The highest BCUT2D eigenvalue weighted by Crippen LogP contribution is 2.26. The minimum absolute atomic E-state index is 0.0710. The molecular weight excluding hydrogens is 239 g/mol. The van der Waals surface area contributed by atoms with E-state index in [4.69, 9.17) is 27.9 Å². The molecule has 0 atom stereocenters. The molecular formula is C8H6Cl2N4O. The van der Waals surface area contributed by atoms with Crippen LogP contribution in [0.1, 0.15) is 5.69 Å². The van der Waals surface area contributed by atoms with Crippen molar-refractivity contribution >= 4 is 23.2 Å². The number of ether oxygens (including phenoxy) is 1. The minimum Gasteiger partial charge on any atom is -0.417 e. The summed E-state index contributed by atoms with van der Waals surface area (Å²) in [5.41, 5.74) is 0.876. The SMILES string of the molecule is Cc1cc(Oc2nc(Cl)ncc2Cl)n[nH]1. The second-order valence-corrected chi connectivity index (χ2v) is 3.53. The first kappa shape index (κ1) is 10.2. The van der Waals surface area contributed by atoms with Gasteiger partial charge in [-0.05, 0) is 18.5 Å². The fourth-order valence-corrected chi connectivity index (χ4v) is 1.20. The van der Waals surface area contributed by atoms with E-state index in [-0.39, 0.29) is 16.2 Å². The number of hydrogen-bond acceptors (Lipinski definition) is 4. The van der Waals surface area contributed by atoms with Gasteiger partial charge in [0.1, 0.15) is 5.02 Å². The second kappa shape index (κ2) is 4.04. The highest BCUT2D eigenvalue weighted by molar-refractivity contribution is 6.32. The van der Waals surface area contributed by atoms with Crippen LogP contribution in [-0.2, 0) is 0 Å².